The second-order valence-electron chi connectivity index (χ2n) is 7.36. The van der Waals surface area contributed by atoms with Crippen molar-refractivity contribution in [3.63, 3.8) is 0 Å². The molecule has 1 fully saturated rings. The van der Waals surface area contributed by atoms with Gasteiger partial charge in [-0.2, -0.15) is 0 Å². The van der Waals surface area contributed by atoms with E-state index in [0.717, 1.165) is 24.0 Å². The molecule has 4 heteroatoms. The van der Waals surface area contributed by atoms with Crippen molar-refractivity contribution in [2.75, 3.05) is 20.3 Å². The molecule has 0 radical (unpaired) electrons. The van der Waals surface area contributed by atoms with Crippen molar-refractivity contribution in [3.05, 3.63) is 64.2 Å². The molecule has 4 nitrogen and oxygen atoms in total. The summed E-state index contributed by atoms with van der Waals surface area (Å²) < 4.78 is 11.0. The zero-order valence-electron chi connectivity index (χ0n) is 16.7. The highest BCUT2D eigenvalue weighted by Crippen LogP contribution is 2.33. The predicted molar refractivity (Wildman–Crippen MR) is 108 cm³/mol. The number of rotatable bonds is 5. The fraction of sp³-hybridized carbons (Fsp3) is 0.435. The molecule has 1 unspecified atom stereocenters. The number of amides is 1. The van der Waals surface area contributed by atoms with Crippen molar-refractivity contribution >= 4 is 5.91 Å². The van der Waals surface area contributed by atoms with Gasteiger partial charge in [0.1, 0.15) is 5.75 Å². The van der Waals surface area contributed by atoms with E-state index in [9.17, 15) is 4.79 Å². The van der Waals surface area contributed by atoms with E-state index in [2.05, 4.69) is 49.5 Å². The number of ether oxygens (including phenoxy) is 2. The summed E-state index contributed by atoms with van der Waals surface area (Å²) in [7, 11) is 1.62. The molecule has 0 saturated carbocycles. The standard InChI is InChI=1S/C23H29NO3/c1-15-7-5-6-8-20(15)17(3)18-13-16(2)22(26-4)21(14-18)23(25)24-19-9-11-27-12-10-19/h5-8,13-14,17,19H,9-12H2,1-4H3,(H,24,25). The van der Waals surface area contributed by atoms with Gasteiger partial charge in [0.25, 0.3) is 5.91 Å². The molecular formula is C23H29NO3. The van der Waals surface area contributed by atoms with Gasteiger partial charge in [0.05, 0.1) is 12.7 Å². The molecule has 0 aromatic heterocycles. The third kappa shape index (κ3) is 4.33. The first-order valence-corrected chi connectivity index (χ1v) is 9.64. The Morgan fingerprint density at radius 2 is 1.85 bits per heavy atom. The molecule has 1 aliphatic rings. The van der Waals surface area contributed by atoms with E-state index in [1.807, 2.05) is 13.0 Å². The Balaban J connectivity index is 1.93. The zero-order valence-corrected chi connectivity index (χ0v) is 16.7. The van der Waals surface area contributed by atoms with Crippen LogP contribution in [0.1, 0.15) is 58.3 Å². The molecule has 2 aromatic rings. The van der Waals surface area contributed by atoms with Gasteiger partial charge < -0.3 is 14.8 Å². The number of nitrogens with one attached hydrogen (secondary N) is 1. The number of aryl methyl sites for hydroxylation is 2. The average molecular weight is 367 g/mol. The number of carbonyl (C=O) groups excluding carboxylic acids is 1. The number of carbonyl (C=O) groups is 1. The molecule has 1 atom stereocenters. The molecule has 3 rings (SSSR count). The van der Waals surface area contributed by atoms with E-state index in [-0.39, 0.29) is 17.9 Å². The smallest absolute Gasteiger partial charge is 0.255 e. The Bertz CT molecular complexity index is 809. The summed E-state index contributed by atoms with van der Waals surface area (Å²) in [6, 6.07) is 12.7. The topological polar surface area (TPSA) is 47.6 Å². The SMILES string of the molecule is COc1c(C)cc(C(C)c2ccccc2C)cc1C(=O)NC1CCOCC1. The third-order valence-electron chi connectivity index (χ3n) is 5.46. The van der Waals surface area contributed by atoms with Crippen LogP contribution in [0.5, 0.6) is 5.75 Å². The van der Waals surface area contributed by atoms with E-state index in [4.69, 9.17) is 9.47 Å². The Kier molecular flexibility index (Phi) is 6.17. The van der Waals surface area contributed by atoms with Gasteiger partial charge in [-0.05, 0) is 55.0 Å². The Labute approximate surface area is 161 Å². The molecular weight excluding hydrogens is 338 g/mol. The molecule has 1 saturated heterocycles. The summed E-state index contributed by atoms with van der Waals surface area (Å²) in [6.45, 7) is 7.71. The molecule has 27 heavy (non-hydrogen) atoms. The molecule has 1 heterocycles. The first-order chi connectivity index (χ1) is 13.0. The largest absolute Gasteiger partial charge is 0.496 e. The summed E-state index contributed by atoms with van der Waals surface area (Å²) in [5, 5.41) is 3.16. The van der Waals surface area contributed by atoms with Gasteiger partial charge in [0.2, 0.25) is 0 Å². The van der Waals surface area contributed by atoms with E-state index in [1.54, 1.807) is 7.11 Å². The normalized spacial score (nSPS) is 16.0. The Hall–Kier alpha value is -2.33. The van der Waals surface area contributed by atoms with Crippen LogP contribution in [0, 0.1) is 13.8 Å². The summed E-state index contributed by atoms with van der Waals surface area (Å²) in [5.74, 6) is 0.784. The van der Waals surface area contributed by atoms with E-state index in [0.29, 0.717) is 24.5 Å². The van der Waals surface area contributed by atoms with E-state index >= 15 is 0 Å². The van der Waals surface area contributed by atoms with Crippen LogP contribution in [-0.4, -0.2) is 32.3 Å². The van der Waals surface area contributed by atoms with Crippen molar-refractivity contribution < 1.29 is 14.3 Å². The van der Waals surface area contributed by atoms with Gasteiger partial charge in [0.15, 0.2) is 0 Å². The number of hydrogen-bond donors (Lipinski definition) is 1. The van der Waals surface area contributed by atoms with Crippen molar-refractivity contribution in [3.8, 4) is 5.75 Å². The van der Waals surface area contributed by atoms with Crippen molar-refractivity contribution in [2.45, 2.75) is 45.6 Å². The zero-order chi connectivity index (χ0) is 19.4. The quantitative estimate of drug-likeness (QED) is 0.853. The Morgan fingerprint density at radius 1 is 1.15 bits per heavy atom. The summed E-state index contributed by atoms with van der Waals surface area (Å²) in [6.07, 6.45) is 1.71. The van der Waals surface area contributed by atoms with Crippen LogP contribution in [0.25, 0.3) is 0 Å². The van der Waals surface area contributed by atoms with E-state index in [1.165, 1.54) is 11.1 Å². The number of methoxy groups -OCH3 is 1. The first-order valence-electron chi connectivity index (χ1n) is 9.64. The van der Waals surface area contributed by atoms with Crippen molar-refractivity contribution in [1.82, 2.24) is 5.32 Å². The number of hydrogen-bond acceptors (Lipinski definition) is 3. The molecule has 1 aliphatic heterocycles. The lowest BCUT2D eigenvalue weighted by molar-refractivity contribution is 0.0695. The van der Waals surface area contributed by atoms with Crippen LogP contribution in [0.2, 0.25) is 0 Å². The molecule has 1 amide bonds. The lowest BCUT2D eigenvalue weighted by Gasteiger charge is -2.24. The molecule has 144 valence electrons. The maximum absolute atomic E-state index is 13.0. The lowest BCUT2D eigenvalue weighted by Crippen LogP contribution is -2.39. The summed E-state index contributed by atoms with van der Waals surface area (Å²) in [4.78, 5) is 13.0. The monoisotopic (exact) mass is 367 g/mol. The van der Waals surface area contributed by atoms with Crippen molar-refractivity contribution in [1.29, 1.82) is 0 Å². The van der Waals surface area contributed by atoms with Crippen LogP contribution in [-0.2, 0) is 4.74 Å². The summed E-state index contributed by atoms with van der Waals surface area (Å²) >= 11 is 0. The van der Waals surface area contributed by atoms with E-state index < -0.39 is 0 Å². The molecule has 0 bridgehead atoms. The first kappa shape index (κ1) is 19.4. The minimum atomic E-state index is -0.0688. The second-order valence-corrected chi connectivity index (χ2v) is 7.36. The predicted octanol–water partition coefficient (Wildman–Crippen LogP) is 4.37. The van der Waals surface area contributed by atoms with Crippen LogP contribution in [0.15, 0.2) is 36.4 Å². The van der Waals surface area contributed by atoms with Gasteiger partial charge in [-0.1, -0.05) is 37.3 Å². The molecule has 1 N–H and O–H groups in total. The number of benzene rings is 2. The average Bonchev–Trinajstić information content (AvgIpc) is 2.68. The maximum atomic E-state index is 13.0. The highest BCUT2D eigenvalue weighted by molar-refractivity contribution is 5.97. The minimum Gasteiger partial charge on any atom is -0.496 e. The van der Waals surface area contributed by atoms with Gasteiger partial charge >= 0.3 is 0 Å². The van der Waals surface area contributed by atoms with Crippen LogP contribution < -0.4 is 10.1 Å². The molecule has 0 aliphatic carbocycles. The van der Waals surface area contributed by atoms with Crippen LogP contribution in [0.3, 0.4) is 0 Å². The molecule has 0 spiro atoms. The van der Waals surface area contributed by atoms with Gasteiger partial charge in [-0.25, -0.2) is 0 Å². The minimum absolute atomic E-state index is 0.0688. The maximum Gasteiger partial charge on any atom is 0.255 e. The van der Waals surface area contributed by atoms with Crippen LogP contribution in [0.4, 0.5) is 0 Å². The van der Waals surface area contributed by atoms with Gasteiger partial charge in [-0.3, -0.25) is 4.79 Å². The highest BCUT2D eigenvalue weighted by Gasteiger charge is 2.22. The third-order valence-corrected chi connectivity index (χ3v) is 5.46. The highest BCUT2D eigenvalue weighted by atomic mass is 16.5. The lowest BCUT2D eigenvalue weighted by atomic mass is 9.88. The second kappa shape index (κ2) is 8.57. The van der Waals surface area contributed by atoms with Gasteiger partial charge in [0, 0.05) is 25.2 Å². The van der Waals surface area contributed by atoms with Crippen LogP contribution >= 0.6 is 0 Å². The van der Waals surface area contributed by atoms with Crippen molar-refractivity contribution in [2.24, 2.45) is 0 Å². The van der Waals surface area contributed by atoms with Gasteiger partial charge in [-0.15, -0.1) is 0 Å². The summed E-state index contributed by atoms with van der Waals surface area (Å²) in [5.41, 5.74) is 5.25. The Morgan fingerprint density at radius 3 is 2.52 bits per heavy atom. The fourth-order valence-electron chi connectivity index (χ4n) is 3.85. The fourth-order valence-corrected chi connectivity index (χ4v) is 3.85. The molecule has 2 aromatic carbocycles.